The van der Waals surface area contributed by atoms with Crippen LogP contribution >= 0.6 is 0 Å². The van der Waals surface area contributed by atoms with Crippen molar-refractivity contribution in [1.29, 1.82) is 0 Å². The smallest absolute Gasteiger partial charge is 0.328 e. The lowest BCUT2D eigenvalue weighted by molar-refractivity contribution is -0.144. The van der Waals surface area contributed by atoms with Gasteiger partial charge < -0.3 is 10.1 Å². The Morgan fingerprint density at radius 2 is 2.11 bits per heavy atom. The number of carbonyl (C=O) groups is 1. The van der Waals surface area contributed by atoms with Gasteiger partial charge in [0, 0.05) is 5.69 Å². The van der Waals surface area contributed by atoms with Crippen LogP contribution in [0.15, 0.2) is 24.3 Å². The summed E-state index contributed by atoms with van der Waals surface area (Å²) < 4.78 is 5.11. The lowest BCUT2D eigenvalue weighted by Gasteiger charge is -2.20. The average Bonchev–Trinajstić information content (AvgIpc) is 2.28. The first kappa shape index (κ1) is 14.6. The molecule has 0 radical (unpaired) electrons. The Kier molecular flexibility index (Phi) is 5.69. The van der Waals surface area contributed by atoms with Crippen molar-refractivity contribution in [3.8, 4) is 0 Å². The number of carbonyl (C=O) groups excluding carboxylic acids is 1. The summed E-state index contributed by atoms with van der Waals surface area (Å²) in [5.41, 5.74) is 2.14. The van der Waals surface area contributed by atoms with Crippen LogP contribution in [0, 0.1) is 12.8 Å². The summed E-state index contributed by atoms with van der Waals surface area (Å²) in [5, 5.41) is 3.26. The van der Waals surface area contributed by atoms with Crippen molar-refractivity contribution in [3.05, 3.63) is 29.8 Å². The van der Waals surface area contributed by atoms with Gasteiger partial charge >= 0.3 is 5.97 Å². The van der Waals surface area contributed by atoms with Gasteiger partial charge in [0.05, 0.1) is 6.61 Å². The minimum atomic E-state index is -0.272. The SMILES string of the molecule is CCOC(=O)C(CC(C)C)Nc1cccc(C)c1. The molecule has 0 saturated carbocycles. The highest BCUT2D eigenvalue weighted by Gasteiger charge is 2.20. The Morgan fingerprint density at radius 3 is 2.67 bits per heavy atom. The summed E-state index contributed by atoms with van der Waals surface area (Å²) in [5.74, 6) is 0.268. The molecule has 0 fully saturated rings. The van der Waals surface area contributed by atoms with Gasteiger partial charge in [0.25, 0.3) is 0 Å². The Hall–Kier alpha value is -1.51. The van der Waals surface area contributed by atoms with E-state index < -0.39 is 0 Å². The molecule has 3 heteroatoms. The van der Waals surface area contributed by atoms with Gasteiger partial charge in [-0.2, -0.15) is 0 Å². The largest absolute Gasteiger partial charge is 0.464 e. The summed E-state index contributed by atoms with van der Waals surface area (Å²) in [4.78, 5) is 11.9. The average molecular weight is 249 g/mol. The predicted molar refractivity (Wildman–Crippen MR) is 74.7 cm³/mol. The molecule has 0 aromatic heterocycles. The summed E-state index contributed by atoms with van der Waals surface area (Å²) in [6.07, 6.45) is 0.771. The fourth-order valence-corrected chi connectivity index (χ4v) is 1.86. The van der Waals surface area contributed by atoms with E-state index in [9.17, 15) is 4.79 Å². The number of aryl methyl sites for hydroxylation is 1. The monoisotopic (exact) mass is 249 g/mol. The van der Waals surface area contributed by atoms with E-state index in [1.165, 1.54) is 5.56 Å². The summed E-state index contributed by atoms with van der Waals surface area (Å²) in [6, 6.07) is 7.75. The third kappa shape index (κ3) is 4.78. The molecular formula is C15H23NO2. The van der Waals surface area contributed by atoms with Crippen molar-refractivity contribution in [2.24, 2.45) is 5.92 Å². The zero-order valence-corrected chi connectivity index (χ0v) is 11.7. The van der Waals surface area contributed by atoms with Crippen LogP contribution in [0.4, 0.5) is 5.69 Å². The predicted octanol–water partition coefficient (Wildman–Crippen LogP) is 3.38. The second-order valence-electron chi connectivity index (χ2n) is 4.95. The van der Waals surface area contributed by atoms with Gasteiger partial charge in [-0.25, -0.2) is 4.79 Å². The van der Waals surface area contributed by atoms with Gasteiger partial charge in [-0.15, -0.1) is 0 Å². The van der Waals surface area contributed by atoms with E-state index in [2.05, 4.69) is 19.2 Å². The maximum Gasteiger partial charge on any atom is 0.328 e. The maximum atomic E-state index is 11.9. The zero-order chi connectivity index (χ0) is 13.5. The molecule has 1 unspecified atom stereocenters. The molecule has 1 atom stereocenters. The van der Waals surface area contributed by atoms with Crippen molar-refractivity contribution in [3.63, 3.8) is 0 Å². The molecule has 1 aromatic rings. The van der Waals surface area contributed by atoms with Gasteiger partial charge in [-0.05, 0) is 43.9 Å². The highest BCUT2D eigenvalue weighted by molar-refractivity contribution is 5.79. The number of rotatable bonds is 6. The van der Waals surface area contributed by atoms with Crippen LogP contribution in [0.1, 0.15) is 32.8 Å². The highest BCUT2D eigenvalue weighted by atomic mass is 16.5. The molecule has 18 heavy (non-hydrogen) atoms. The lowest BCUT2D eigenvalue weighted by Crippen LogP contribution is -2.32. The number of hydrogen-bond donors (Lipinski definition) is 1. The number of hydrogen-bond acceptors (Lipinski definition) is 3. The van der Waals surface area contributed by atoms with E-state index in [0.717, 1.165) is 12.1 Å². The lowest BCUT2D eigenvalue weighted by atomic mass is 10.0. The first-order chi connectivity index (χ1) is 8.52. The Bertz CT molecular complexity index is 388. The summed E-state index contributed by atoms with van der Waals surface area (Å²) >= 11 is 0. The van der Waals surface area contributed by atoms with E-state index in [1.807, 2.05) is 38.1 Å². The highest BCUT2D eigenvalue weighted by Crippen LogP contribution is 2.15. The molecule has 1 N–H and O–H groups in total. The molecule has 0 spiro atoms. The van der Waals surface area contributed by atoms with Gasteiger partial charge in [-0.3, -0.25) is 0 Å². The second kappa shape index (κ2) is 7.04. The van der Waals surface area contributed by atoms with Crippen molar-refractivity contribution >= 4 is 11.7 Å². The summed E-state index contributed by atoms with van der Waals surface area (Å²) in [6.45, 7) is 8.49. The van der Waals surface area contributed by atoms with Crippen molar-refractivity contribution in [2.75, 3.05) is 11.9 Å². The molecule has 3 nitrogen and oxygen atoms in total. The molecule has 0 bridgehead atoms. The molecule has 100 valence electrons. The Labute approximate surface area is 110 Å². The van der Waals surface area contributed by atoms with Gasteiger partial charge in [0.2, 0.25) is 0 Å². The molecular weight excluding hydrogens is 226 g/mol. The fourth-order valence-electron chi connectivity index (χ4n) is 1.86. The Balaban J connectivity index is 2.74. The molecule has 0 aliphatic carbocycles. The first-order valence-corrected chi connectivity index (χ1v) is 6.52. The normalized spacial score (nSPS) is 12.3. The van der Waals surface area contributed by atoms with Crippen LogP contribution in [0.2, 0.25) is 0 Å². The van der Waals surface area contributed by atoms with Crippen LogP contribution in [-0.2, 0) is 9.53 Å². The topological polar surface area (TPSA) is 38.3 Å². The standard InChI is InChI=1S/C15H23NO2/c1-5-18-15(17)14(9-11(2)3)16-13-8-6-7-12(4)10-13/h6-8,10-11,14,16H,5,9H2,1-4H3. The van der Waals surface area contributed by atoms with E-state index >= 15 is 0 Å². The number of benzene rings is 1. The molecule has 0 aliphatic heterocycles. The number of anilines is 1. The van der Waals surface area contributed by atoms with E-state index in [0.29, 0.717) is 12.5 Å². The molecule has 1 rings (SSSR count). The third-order valence-corrected chi connectivity index (χ3v) is 2.64. The van der Waals surface area contributed by atoms with E-state index in [4.69, 9.17) is 4.74 Å². The van der Waals surface area contributed by atoms with Crippen molar-refractivity contribution < 1.29 is 9.53 Å². The second-order valence-corrected chi connectivity index (χ2v) is 4.95. The zero-order valence-electron chi connectivity index (χ0n) is 11.7. The van der Waals surface area contributed by atoms with Gasteiger partial charge in [-0.1, -0.05) is 26.0 Å². The first-order valence-electron chi connectivity index (χ1n) is 6.52. The van der Waals surface area contributed by atoms with Crippen LogP contribution in [0.25, 0.3) is 0 Å². The van der Waals surface area contributed by atoms with Gasteiger partial charge in [0.1, 0.15) is 6.04 Å². The summed E-state index contributed by atoms with van der Waals surface area (Å²) in [7, 11) is 0. The van der Waals surface area contributed by atoms with Crippen LogP contribution in [0.3, 0.4) is 0 Å². The van der Waals surface area contributed by atoms with Crippen LogP contribution in [0.5, 0.6) is 0 Å². The number of ether oxygens (including phenoxy) is 1. The van der Waals surface area contributed by atoms with Crippen LogP contribution < -0.4 is 5.32 Å². The van der Waals surface area contributed by atoms with Crippen molar-refractivity contribution in [1.82, 2.24) is 0 Å². The quantitative estimate of drug-likeness (QED) is 0.785. The van der Waals surface area contributed by atoms with Crippen LogP contribution in [-0.4, -0.2) is 18.6 Å². The minimum Gasteiger partial charge on any atom is -0.464 e. The van der Waals surface area contributed by atoms with Crippen molar-refractivity contribution in [2.45, 2.75) is 40.2 Å². The third-order valence-electron chi connectivity index (χ3n) is 2.64. The molecule has 0 amide bonds. The Morgan fingerprint density at radius 1 is 1.39 bits per heavy atom. The maximum absolute atomic E-state index is 11.9. The molecule has 0 heterocycles. The molecule has 1 aromatic carbocycles. The number of esters is 1. The fraction of sp³-hybridized carbons (Fsp3) is 0.533. The van der Waals surface area contributed by atoms with E-state index in [-0.39, 0.29) is 12.0 Å². The molecule has 0 aliphatic rings. The number of nitrogens with one attached hydrogen (secondary N) is 1. The van der Waals surface area contributed by atoms with E-state index in [1.54, 1.807) is 0 Å². The van der Waals surface area contributed by atoms with Gasteiger partial charge in [0.15, 0.2) is 0 Å². The minimum absolute atomic E-state index is 0.173. The molecule has 0 saturated heterocycles.